The van der Waals surface area contributed by atoms with Crippen LogP contribution in [-0.4, -0.2) is 32.5 Å². The quantitative estimate of drug-likeness (QED) is 0.786. The van der Waals surface area contributed by atoms with E-state index in [0.717, 1.165) is 35.9 Å². The average Bonchev–Trinajstić information content (AvgIpc) is 2.98. The molecule has 0 saturated heterocycles. The molecule has 1 aliphatic carbocycles. The summed E-state index contributed by atoms with van der Waals surface area (Å²) in [6.07, 6.45) is 7.36. The van der Waals surface area contributed by atoms with E-state index < -0.39 is 11.5 Å². The van der Waals surface area contributed by atoms with Crippen LogP contribution in [0.5, 0.6) is 0 Å². The summed E-state index contributed by atoms with van der Waals surface area (Å²) in [5.41, 5.74) is 0.447. The Kier molecular flexibility index (Phi) is 4.55. The Morgan fingerprint density at radius 3 is 2.83 bits per heavy atom. The summed E-state index contributed by atoms with van der Waals surface area (Å²) in [6.45, 7) is 2.13. The van der Waals surface area contributed by atoms with Crippen LogP contribution in [0.15, 0.2) is 24.5 Å². The molecule has 0 unspecified atom stereocenters. The number of fused-ring (bicyclic) bond motifs is 1. The van der Waals surface area contributed by atoms with E-state index >= 15 is 0 Å². The predicted molar refractivity (Wildman–Crippen MR) is 90.6 cm³/mol. The van der Waals surface area contributed by atoms with Crippen molar-refractivity contribution in [2.24, 2.45) is 5.92 Å². The molecule has 2 aromatic rings. The number of carbonyl (C=O) groups is 2. The summed E-state index contributed by atoms with van der Waals surface area (Å²) in [5.74, 6) is -0.614. The minimum atomic E-state index is -1.12. The van der Waals surface area contributed by atoms with Crippen LogP contribution in [0, 0.1) is 5.92 Å². The van der Waals surface area contributed by atoms with Crippen LogP contribution in [0.2, 0.25) is 0 Å². The van der Waals surface area contributed by atoms with Gasteiger partial charge in [0.05, 0.1) is 6.42 Å². The van der Waals surface area contributed by atoms with Gasteiger partial charge in [-0.2, -0.15) is 0 Å². The van der Waals surface area contributed by atoms with Crippen molar-refractivity contribution in [3.8, 4) is 0 Å². The number of carboxylic acids is 1. The molecular weight excluding hydrogens is 306 g/mol. The number of aromatic nitrogens is 2. The SMILES string of the molecule is CCC1CCC(NC(=O)Cc2c[nH]c3ncccc23)(C(=O)O)CC1. The Morgan fingerprint density at radius 2 is 2.17 bits per heavy atom. The summed E-state index contributed by atoms with van der Waals surface area (Å²) in [5, 5.41) is 13.4. The Morgan fingerprint density at radius 1 is 1.42 bits per heavy atom. The lowest BCUT2D eigenvalue weighted by atomic mass is 9.75. The van der Waals surface area contributed by atoms with E-state index in [1.54, 1.807) is 12.4 Å². The molecule has 24 heavy (non-hydrogen) atoms. The van der Waals surface area contributed by atoms with Gasteiger partial charge in [0.25, 0.3) is 0 Å². The lowest BCUT2D eigenvalue weighted by Crippen LogP contribution is -2.56. The fourth-order valence-electron chi connectivity index (χ4n) is 3.61. The number of aliphatic carboxylic acids is 1. The van der Waals surface area contributed by atoms with Crippen LogP contribution < -0.4 is 5.32 Å². The van der Waals surface area contributed by atoms with Crippen LogP contribution in [0.25, 0.3) is 11.0 Å². The summed E-state index contributed by atoms with van der Waals surface area (Å²) >= 11 is 0. The zero-order chi connectivity index (χ0) is 17.2. The Hall–Kier alpha value is -2.37. The van der Waals surface area contributed by atoms with Crippen LogP contribution in [0.3, 0.4) is 0 Å². The van der Waals surface area contributed by atoms with Gasteiger partial charge in [0.1, 0.15) is 11.2 Å². The maximum Gasteiger partial charge on any atom is 0.329 e. The average molecular weight is 329 g/mol. The number of hydrogen-bond donors (Lipinski definition) is 3. The normalized spacial score (nSPS) is 24.0. The summed E-state index contributed by atoms with van der Waals surface area (Å²) in [7, 11) is 0. The molecule has 1 saturated carbocycles. The van der Waals surface area contributed by atoms with Gasteiger partial charge in [0.2, 0.25) is 5.91 Å². The number of nitrogens with zero attached hydrogens (tertiary/aromatic N) is 1. The molecule has 0 radical (unpaired) electrons. The molecular formula is C18H23N3O3. The molecule has 1 amide bonds. The lowest BCUT2D eigenvalue weighted by Gasteiger charge is -2.37. The first kappa shape index (κ1) is 16.5. The van der Waals surface area contributed by atoms with E-state index in [0.29, 0.717) is 18.8 Å². The fourth-order valence-corrected chi connectivity index (χ4v) is 3.61. The molecule has 0 atom stereocenters. The number of H-pyrrole nitrogens is 1. The van der Waals surface area contributed by atoms with E-state index in [2.05, 4.69) is 22.2 Å². The molecule has 2 aromatic heterocycles. The Bertz CT molecular complexity index is 745. The summed E-state index contributed by atoms with van der Waals surface area (Å²) in [4.78, 5) is 31.5. The molecule has 6 heteroatoms. The topological polar surface area (TPSA) is 95.1 Å². The van der Waals surface area contributed by atoms with Gasteiger partial charge in [-0.05, 0) is 49.3 Å². The van der Waals surface area contributed by atoms with Crippen molar-refractivity contribution < 1.29 is 14.7 Å². The molecule has 0 spiro atoms. The zero-order valence-corrected chi connectivity index (χ0v) is 13.8. The highest BCUT2D eigenvalue weighted by molar-refractivity contribution is 5.91. The van der Waals surface area contributed by atoms with Crippen LogP contribution in [0.1, 0.15) is 44.6 Å². The first-order valence-electron chi connectivity index (χ1n) is 8.49. The molecule has 0 bridgehead atoms. The molecule has 1 fully saturated rings. The third kappa shape index (κ3) is 3.13. The lowest BCUT2D eigenvalue weighted by molar-refractivity contribution is -0.149. The highest BCUT2D eigenvalue weighted by Crippen LogP contribution is 2.34. The van der Waals surface area contributed by atoms with Crippen molar-refractivity contribution in [2.45, 2.75) is 51.0 Å². The van der Waals surface area contributed by atoms with Crippen molar-refractivity contribution in [2.75, 3.05) is 0 Å². The fraction of sp³-hybridized carbons (Fsp3) is 0.500. The van der Waals surface area contributed by atoms with Crippen LogP contribution in [0.4, 0.5) is 0 Å². The number of rotatable bonds is 5. The molecule has 3 N–H and O–H groups in total. The van der Waals surface area contributed by atoms with Crippen LogP contribution in [-0.2, 0) is 16.0 Å². The van der Waals surface area contributed by atoms with E-state index in [1.807, 2.05) is 12.1 Å². The molecule has 0 aromatic carbocycles. The molecule has 0 aliphatic heterocycles. The Labute approximate surface area is 140 Å². The van der Waals surface area contributed by atoms with Crippen molar-refractivity contribution in [3.63, 3.8) is 0 Å². The number of pyridine rings is 1. The van der Waals surface area contributed by atoms with Gasteiger partial charge >= 0.3 is 5.97 Å². The highest BCUT2D eigenvalue weighted by Gasteiger charge is 2.42. The number of carbonyl (C=O) groups excluding carboxylic acids is 1. The maximum atomic E-state index is 12.5. The summed E-state index contributed by atoms with van der Waals surface area (Å²) < 4.78 is 0. The second-order valence-corrected chi connectivity index (χ2v) is 6.68. The largest absolute Gasteiger partial charge is 0.480 e. The second-order valence-electron chi connectivity index (χ2n) is 6.68. The van der Waals surface area contributed by atoms with Gasteiger partial charge in [0.15, 0.2) is 0 Å². The highest BCUT2D eigenvalue weighted by atomic mass is 16.4. The number of carboxylic acid groups (broad SMARTS) is 1. The van der Waals surface area contributed by atoms with Crippen molar-refractivity contribution >= 4 is 22.9 Å². The smallest absolute Gasteiger partial charge is 0.329 e. The van der Waals surface area contributed by atoms with Gasteiger partial charge in [-0.15, -0.1) is 0 Å². The second kappa shape index (κ2) is 6.63. The van der Waals surface area contributed by atoms with E-state index in [9.17, 15) is 14.7 Å². The first-order chi connectivity index (χ1) is 11.5. The monoisotopic (exact) mass is 329 g/mol. The Balaban J connectivity index is 1.71. The molecule has 2 heterocycles. The molecule has 128 valence electrons. The van der Waals surface area contributed by atoms with E-state index in [4.69, 9.17) is 0 Å². The molecule has 6 nitrogen and oxygen atoms in total. The minimum absolute atomic E-state index is 0.151. The summed E-state index contributed by atoms with van der Waals surface area (Å²) in [6, 6.07) is 3.73. The molecule has 3 rings (SSSR count). The van der Waals surface area contributed by atoms with Gasteiger partial charge in [-0.1, -0.05) is 13.3 Å². The maximum absolute atomic E-state index is 12.5. The minimum Gasteiger partial charge on any atom is -0.480 e. The predicted octanol–water partition coefficient (Wildman–Crippen LogP) is 2.65. The van der Waals surface area contributed by atoms with Crippen molar-refractivity contribution in [1.29, 1.82) is 0 Å². The van der Waals surface area contributed by atoms with Crippen LogP contribution >= 0.6 is 0 Å². The van der Waals surface area contributed by atoms with E-state index in [-0.39, 0.29) is 12.3 Å². The van der Waals surface area contributed by atoms with E-state index in [1.165, 1.54) is 0 Å². The third-order valence-corrected chi connectivity index (χ3v) is 5.21. The third-order valence-electron chi connectivity index (χ3n) is 5.21. The number of nitrogens with one attached hydrogen (secondary N) is 2. The number of aromatic amines is 1. The van der Waals surface area contributed by atoms with Crippen molar-refractivity contribution in [3.05, 3.63) is 30.1 Å². The number of hydrogen-bond acceptors (Lipinski definition) is 3. The van der Waals surface area contributed by atoms with Gasteiger partial charge in [-0.3, -0.25) is 4.79 Å². The van der Waals surface area contributed by atoms with Gasteiger partial charge < -0.3 is 15.4 Å². The number of amides is 1. The van der Waals surface area contributed by atoms with Gasteiger partial charge in [-0.25, -0.2) is 9.78 Å². The first-order valence-corrected chi connectivity index (χ1v) is 8.49. The molecule has 1 aliphatic rings. The standard InChI is InChI=1S/C18H23N3O3/c1-2-12-5-7-18(8-6-12,17(23)24)21-15(22)10-13-11-20-16-14(13)4-3-9-19-16/h3-4,9,11-12H,2,5-8,10H2,1H3,(H,19,20)(H,21,22)(H,23,24). The van der Waals surface area contributed by atoms with Crippen molar-refractivity contribution in [1.82, 2.24) is 15.3 Å². The zero-order valence-electron chi connectivity index (χ0n) is 13.8. The van der Waals surface area contributed by atoms with Gasteiger partial charge in [0, 0.05) is 17.8 Å².